The number of benzene rings is 2. The van der Waals surface area contributed by atoms with E-state index in [0.29, 0.717) is 19.8 Å². The van der Waals surface area contributed by atoms with Gasteiger partial charge in [-0.2, -0.15) is 5.10 Å². The Morgan fingerprint density at radius 2 is 1.88 bits per heavy atom. The molecule has 0 saturated carbocycles. The molecule has 2 aromatic carbocycles. The first-order chi connectivity index (χ1) is 15.6. The Hall–Kier alpha value is -3.32. The van der Waals surface area contributed by atoms with Crippen LogP contribution in [-0.4, -0.2) is 46.9 Å². The summed E-state index contributed by atoms with van der Waals surface area (Å²) in [6, 6.07) is 16.3. The molecule has 7 heteroatoms. The fourth-order valence-corrected chi connectivity index (χ4v) is 4.67. The van der Waals surface area contributed by atoms with E-state index in [1.165, 1.54) is 5.56 Å². The predicted molar refractivity (Wildman–Crippen MR) is 123 cm³/mol. The van der Waals surface area contributed by atoms with Gasteiger partial charge in [0.15, 0.2) is 11.5 Å². The Morgan fingerprint density at radius 1 is 1.09 bits per heavy atom. The number of carbonyl (C=O) groups excluding carboxylic acids is 1. The van der Waals surface area contributed by atoms with Crippen molar-refractivity contribution in [3.63, 3.8) is 0 Å². The van der Waals surface area contributed by atoms with E-state index >= 15 is 0 Å². The topological polar surface area (TPSA) is 68.6 Å². The average Bonchev–Trinajstić information content (AvgIpc) is 3.39. The second-order valence-electron chi connectivity index (χ2n) is 8.37. The number of rotatable bonds is 5. The zero-order chi connectivity index (χ0) is 22.1. The molecule has 5 rings (SSSR count). The van der Waals surface area contributed by atoms with Crippen molar-refractivity contribution in [1.82, 2.24) is 14.7 Å². The minimum Gasteiger partial charge on any atom is -0.486 e. The van der Waals surface area contributed by atoms with Crippen molar-refractivity contribution in [3.8, 4) is 17.2 Å². The largest absolute Gasteiger partial charge is 0.486 e. The third-order valence-electron chi connectivity index (χ3n) is 6.22. The molecule has 1 atom stereocenters. The first-order valence-corrected chi connectivity index (χ1v) is 11.2. The van der Waals surface area contributed by atoms with Gasteiger partial charge in [0.1, 0.15) is 13.2 Å². The highest BCUT2D eigenvalue weighted by Gasteiger charge is 2.29. The van der Waals surface area contributed by atoms with Crippen molar-refractivity contribution < 1.29 is 14.3 Å². The highest BCUT2D eigenvalue weighted by molar-refractivity contribution is 5.93. The molecule has 1 N–H and O–H groups in total. The summed E-state index contributed by atoms with van der Waals surface area (Å²) in [6.07, 6.45) is 2.09. The number of hydrogen-bond donors (Lipinski definition) is 1. The van der Waals surface area contributed by atoms with Gasteiger partial charge in [-0.25, -0.2) is 4.68 Å². The maximum absolute atomic E-state index is 13.0. The molecule has 2 aliphatic heterocycles. The van der Waals surface area contributed by atoms with Crippen LogP contribution in [0.25, 0.3) is 5.69 Å². The molecule has 3 aromatic rings. The number of hydrogen-bond acceptors (Lipinski definition) is 5. The fourth-order valence-electron chi connectivity index (χ4n) is 4.67. The summed E-state index contributed by atoms with van der Waals surface area (Å²) in [7, 11) is 0. The van der Waals surface area contributed by atoms with E-state index in [4.69, 9.17) is 9.47 Å². The van der Waals surface area contributed by atoms with Gasteiger partial charge in [0, 0.05) is 6.04 Å². The van der Waals surface area contributed by atoms with Gasteiger partial charge in [0.05, 0.1) is 29.3 Å². The molecule has 2 aliphatic rings. The molecule has 1 saturated heterocycles. The first-order valence-electron chi connectivity index (χ1n) is 11.2. The van der Waals surface area contributed by atoms with E-state index < -0.39 is 0 Å². The molecule has 3 heterocycles. The van der Waals surface area contributed by atoms with Crippen molar-refractivity contribution in [2.75, 3.05) is 31.6 Å². The number of likely N-dealkylation sites (tertiary alicyclic amines) is 1. The molecular weight excluding hydrogens is 404 g/mol. The minimum atomic E-state index is -0.0201. The lowest BCUT2D eigenvalue weighted by molar-refractivity contribution is -0.117. The van der Waals surface area contributed by atoms with E-state index in [1.807, 2.05) is 54.9 Å². The third kappa shape index (κ3) is 3.96. The molecular formula is C25H28N4O3. The number of nitrogens with one attached hydrogen (secondary N) is 1. The van der Waals surface area contributed by atoms with Crippen molar-refractivity contribution in [2.24, 2.45) is 0 Å². The molecule has 1 fully saturated rings. The number of carbonyl (C=O) groups is 1. The SMILES string of the molecule is Cc1nn(-c2ccccc2)c(C)c1NC(=O)CN1CCCC1c1ccc2c(c1)OCCO2. The monoisotopic (exact) mass is 432 g/mol. The normalized spacial score (nSPS) is 18.0. The van der Waals surface area contributed by atoms with Crippen LogP contribution in [0.3, 0.4) is 0 Å². The van der Waals surface area contributed by atoms with E-state index in [1.54, 1.807) is 0 Å². The summed E-state index contributed by atoms with van der Waals surface area (Å²) in [5.41, 5.74) is 4.67. The Morgan fingerprint density at radius 3 is 2.69 bits per heavy atom. The summed E-state index contributed by atoms with van der Waals surface area (Å²) in [5.74, 6) is 1.57. The van der Waals surface area contributed by atoms with Gasteiger partial charge in [0.25, 0.3) is 0 Å². The smallest absolute Gasteiger partial charge is 0.238 e. The molecule has 0 radical (unpaired) electrons. The lowest BCUT2D eigenvalue weighted by Gasteiger charge is -2.26. The average molecular weight is 433 g/mol. The van der Waals surface area contributed by atoms with E-state index in [2.05, 4.69) is 27.4 Å². The number of aryl methyl sites for hydroxylation is 1. The third-order valence-corrected chi connectivity index (χ3v) is 6.22. The fraction of sp³-hybridized carbons (Fsp3) is 0.360. The maximum Gasteiger partial charge on any atom is 0.238 e. The second kappa shape index (κ2) is 8.67. The van der Waals surface area contributed by atoms with Crippen LogP contribution in [0.1, 0.15) is 35.8 Å². The molecule has 0 bridgehead atoms. The van der Waals surface area contributed by atoms with Crippen LogP contribution in [-0.2, 0) is 4.79 Å². The van der Waals surface area contributed by atoms with Crippen LogP contribution in [0.15, 0.2) is 48.5 Å². The van der Waals surface area contributed by atoms with Crippen LogP contribution in [0.5, 0.6) is 11.5 Å². The van der Waals surface area contributed by atoms with Crippen molar-refractivity contribution in [3.05, 3.63) is 65.5 Å². The Labute approximate surface area is 187 Å². The maximum atomic E-state index is 13.0. The number of anilines is 1. The van der Waals surface area contributed by atoms with Crippen LogP contribution in [0.4, 0.5) is 5.69 Å². The van der Waals surface area contributed by atoms with E-state index in [9.17, 15) is 4.79 Å². The summed E-state index contributed by atoms with van der Waals surface area (Å²) in [4.78, 5) is 15.2. The number of amides is 1. The first kappa shape index (κ1) is 20.6. The van der Waals surface area contributed by atoms with E-state index in [0.717, 1.165) is 53.6 Å². The molecule has 1 amide bonds. The van der Waals surface area contributed by atoms with Crippen molar-refractivity contribution >= 4 is 11.6 Å². The Kier molecular flexibility index (Phi) is 5.57. The second-order valence-corrected chi connectivity index (χ2v) is 8.37. The van der Waals surface area contributed by atoms with E-state index in [-0.39, 0.29) is 11.9 Å². The quantitative estimate of drug-likeness (QED) is 0.659. The van der Waals surface area contributed by atoms with Gasteiger partial charge in [-0.05, 0) is 63.1 Å². The van der Waals surface area contributed by atoms with Gasteiger partial charge in [0.2, 0.25) is 5.91 Å². The van der Waals surface area contributed by atoms with Crippen LogP contribution < -0.4 is 14.8 Å². The van der Waals surface area contributed by atoms with Crippen LogP contribution >= 0.6 is 0 Å². The standard InChI is InChI=1S/C25H28N4O3/c1-17-25(18(2)29(27-17)20-7-4-3-5-8-20)26-24(30)16-28-12-6-9-21(28)19-10-11-22-23(15-19)32-14-13-31-22/h3-5,7-8,10-11,15,21H,6,9,12-14,16H2,1-2H3,(H,26,30). The molecule has 0 aliphatic carbocycles. The minimum absolute atomic E-state index is 0.0201. The lowest BCUT2D eigenvalue weighted by Crippen LogP contribution is -2.33. The number of ether oxygens (including phenoxy) is 2. The molecule has 0 spiro atoms. The van der Waals surface area contributed by atoms with Crippen molar-refractivity contribution in [1.29, 1.82) is 0 Å². The summed E-state index contributed by atoms with van der Waals surface area (Å²) >= 11 is 0. The zero-order valence-electron chi connectivity index (χ0n) is 18.5. The predicted octanol–water partition coefficient (Wildman–Crippen LogP) is 4.04. The Bertz CT molecular complexity index is 1130. The van der Waals surface area contributed by atoms with Gasteiger partial charge in [-0.3, -0.25) is 9.69 Å². The molecule has 1 aromatic heterocycles. The van der Waals surface area contributed by atoms with Gasteiger partial charge in [-0.15, -0.1) is 0 Å². The Balaban J connectivity index is 1.30. The number of nitrogens with zero attached hydrogens (tertiary/aromatic N) is 3. The van der Waals surface area contributed by atoms with Crippen LogP contribution in [0.2, 0.25) is 0 Å². The number of fused-ring (bicyclic) bond motifs is 1. The lowest BCUT2D eigenvalue weighted by atomic mass is 10.0. The molecule has 1 unspecified atom stereocenters. The van der Waals surface area contributed by atoms with Gasteiger partial charge < -0.3 is 14.8 Å². The zero-order valence-corrected chi connectivity index (χ0v) is 18.5. The van der Waals surface area contributed by atoms with Gasteiger partial charge >= 0.3 is 0 Å². The highest BCUT2D eigenvalue weighted by atomic mass is 16.6. The number of para-hydroxylation sites is 1. The summed E-state index contributed by atoms with van der Waals surface area (Å²) in [5, 5.41) is 7.74. The molecule has 7 nitrogen and oxygen atoms in total. The molecule has 166 valence electrons. The molecule has 32 heavy (non-hydrogen) atoms. The summed E-state index contributed by atoms with van der Waals surface area (Å²) < 4.78 is 13.3. The number of aromatic nitrogens is 2. The highest BCUT2D eigenvalue weighted by Crippen LogP contribution is 2.38. The van der Waals surface area contributed by atoms with Crippen molar-refractivity contribution in [2.45, 2.75) is 32.7 Å². The van der Waals surface area contributed by atoms with Gasteiger partial charge in [-0.1, -0.05) is 24.3 Å². The summed E-state index contributed by atoms with van der Waals surface area (Å²) in [6.45, 7) is 6.30. The van der Waals surface area contributed by atoms with Crippen LogP contribution in [0, 0.1) is 13.8 Å².